The van der Waals surface area contributed by atoms with E-state index in [4.69, 9.17) is 4.98 Å². The van der Waals surface area contributed by atoms with Crippen molar-refractivity contribution < 1.29 is 0 Å². The summed E-state index contributed by atoms with van der Waals surface area (Å²) in [6, 6.07) is 1.29. The predicted octanol–water partition coefficient (Wildman–Crippen LogP) is 4.69. The lowest BCUT2D eigenvalue weighted by molar-refractivity contribution is 0.258. The SMILES string of the molecule is Cc1cn(C2CCCCC2C)c(NC2CCCCC2)n1. The molecule has 2 aliphatic carbocycles. The fourth-order valence-electron chi connectivity index (χ4n) is 4.02. The van der Waals surface area contributed by atoms with Crippen molar-refractivity contribution in [3.63, 3.8) is 0 Å². The maximum Gasteiger partial charge on any atom is 0.203 e. The van der Waals surface area contributed by atoms with Crippen molar-refractivity contribution in [1.82, 2.24) is 9.55 Å². The van der Waals surface area contributed by atoms with Crippen molar-refractivity contribution >= 4 is 5.95 Å². The van der Waals surface area contributed by atoms with E-state index in [-0.39, 0.29) is 0 Å². The number of aryl methyl sites for hydroxylation is 1. The molecule has 3 nitrogen and oxygen atoms in total. The summed E-state index contributed by atoms with van der Waals surface area (Å²) in [7, 11) is 0. The number of rotatable bonds is 3. The standard InChI is InChI=1S/C17H29N3/c1-13-8-6-7-11-16(13)20-12-14(2)18-17(20)19-15-9-4-3-5-10-15/h12-13,15-16H,3-11H2,1-2H3,(H,18,19). The zero-order valence-electron chi connectivity index (χ0n) is 13.1. The molecule has 2 fully saturated rings. The number of aromatic nitrogens is 2. The van der Waals surface area contributed by atoms with Crippen LogP contribution in [0.5, 0.6) is 0 Å². The summed E-state index contributed by atoms with van der Waals surface area (Å²) in [6.07, 6.45) is 14.5. The minimum atomic E-state index is 0.642. The molecule has 3 rings (SSSR count). The molecule has 2 unspecified atom stereocenters. The topological polar surface area (TPSA) is 29.9 Å². The van der Waals surface area contributed by atoms with Gasteiger partial charge in [-0.1, -0.05) is 39.0 Å². The largest absolute Gasteiger partial charge is 0.353 e. The van der Waals surface area contributed by atoms with Crippen LogP contribution in [0.4, 0.5) is 5.95 Å². The van der Waals surface area contributed by atoms with Gasteiger partial charge in [-0.3, -0.25) is 0 Å². The zero-order valence-corrected chi connectivity index (χ0v) is 13.1. The number of nitrogens with zero attached hydrogens (tertiary/aromatic N) is 2. The van der Waals surface area contributed by atoms with E-state index >= 15 is 0 Å². The smallest absolute Gasteiger partial charge is 0.203 e. The number of nitrogens with one attached hydrogen (secondary N) is 1. The van der Waals surface area contributed by atoms with Crippen LogP contribution in [0.15, 0.2) is 6.20 Å². The number of hydrogen-bond acceptors (Lipinski definition) is 2. The lowest BCUT2D eigenvalue weighted by Gasteiger charge is -2.32. The van der Waals surface area contributed by atoms with E-state index in [0.29, 0.717) is 12.1 Å². The van der Waals surface area contributed by atoms with Crippen LogP contribution in [0, 0.1) is 12.8 Å². The van der Waals surface area contributed by atoms with Gasteiger partial charge in [0.25, 0.3) is 0 Å². The first-order valence-electron chi connectivity index (χ1n) is 8.56. The van der Waals surface area contributed by atoms with Crippen LogP contribution >= 0.6 is 0 Å². The summed E-state index contributed by atoms with van der Waals surface area (Å²) < 4.78 is 2.45. The molecule has 1 heterocycles. The second kappa shape index (κ2) is 6.19. The van der Waals surface area contributed by atoms with Gasteiger partial charge in [0.2, 0.25) is 5.95 Å². The molecule has 0 saturated heterocycles. The minimum absolute atomic E-state index is 0.642. The van der Waals surface area contributed by atoms with E-state index in [1.807, 2.05) is 0 Å². The molecule has 1 aromatic heterocycles. The van der Waals surface area contributed by atoms with Crippen LogP contribution < -0.4 is 5.32 Å². The van der Waals surface area contributed by atoms with Crippen LogP contribution in [-0.4, -0.2) is 15.6 Å². The van der Waals surface area contributed by atoms with Crippen molar-refractivity contribution in [3.8, 4) is 0 Å². The number of anilines is 1. The van der Waals surface area contributed by atoms with Gasteiger partial charge in [-0.25, -0.2) is 4.98 Å². The summed E-state index contributed by atoms with van der Waals surface area (Å²) >= 11 is 0. The Hall–Kier alpha value is -0.990. The second-order valence-electron chi connectivity index (χ2n) is 6.92. The first-order valence-corrected chi connectivity index (χ1v) is 8.56. The molecule has 0 amide bonds. The minimum Gasteiger partial charge on any atom is -0.353 e. The van der Waals surface area contributed by atoms with Gasteiger partial charge >= 0.3 is 0 Å². The van der Waals surface area contributed by atoms with Gasteiger partial charge in [0.05, 0.1) is 5.69 Å². The average Bonchev–Trinajstić information content (AvgIpc) is 2.81. The number of imidazole rings is 1. The van der Waals surface area contributed by atoms with Crippen LogP contribution in [0.25, 0.3) is 0 Å². The van der Waals surface area contributed by atoms with Crippen molar-refractivity contribution in [3.05, 3.63) is 11.9 Å². The van der Waals surface area contributed by atoms with E-state index < -0.39 is 0 Å². The third kappa shape index (κ3) is 3.02. The van der Waals surface area contributed by atoms with Gasteiger partial charge in [-0.05, 0) is 38.5 Å². The van der Waals surface area contributed by atoms with Crippen LogP contribution in [0.3, 0.4) is 0 Å². The Morgan fingerprint density at radius 2 is 1.75 bits per heavy atom. The summed E-state index contributed by atoms with van der Waals surface area (Å²) in [5, 5.41) is 3.74. The van der Waals surface area contributed by atoms with Gasteiger partial charge in [0.1, 0.15) is 0 Å². The molecular weight excluding hydrogens is 246 g/mol. The molecule has 2 aliphatic rings. The van der Waals surface area contributed by atoms with Gasteiger partial charge < -0.3 is 9.88 Å². The van der Waals surface area contributed by atoms with Gasteiger partial charge in [0, 0.05) is 18.3 Å². The molecule has 1 N–H and O–H groups in total. The Morgan fingerprint density at radius 3 is 2.50 bits per heavy atom. The maximum atomic E-state index is 4.77. The fraction of sp³-hybridized carbons (Fsp3) is 0.824. The molecule has 20 heavy (non-hydrogen) atoms. The van der Waals surface area contributed by atoms with E-state index in [0.717, 1.165) is 17.6 Å². The highest BCUT2D eigenvalue weighted by Gasteiger charge is 2.26. The van der Waals surface area contributed by atoms with Crippen molar-refractivity contribution in [2.24, 2.45) is 5.92 Å². The van der Waals surface area contributed by atoms with Crippen LogP contribution in [0.1, 0.15) is 76.4 Å². The Kier molecular flexibility index (Phi) is 4.32. The normalized spacial score (nSPS) is 28.5. The highest BCUT2D eigenvalue weighted by molar-refractivity contribution is 5.31. The van der Waals surface area contributed by atoms with Gasteiger partial charge in [-0.2, -0.15) is 0 Å². The molecule has 0 spiro atoms. The lowest BCUT2D eigenvalue weighted by Crippen LogP contribution is -2.27. The predicted molar refractivity (Wildman–Crippen MR) is 84.1 cm³/mol. The molecule has 3 heteroatoms. The molecule has 0 aliphatic heterocycles. The van der Waals surface area contributed by atoms with Crippen LogP contribution in [-0.2, 0) is 0 Å². The molecule has 0 radical (unpaired) electrons. The van der Waals surface area contributed by atoms with Gasteiger partial charge in [-0.15, -0.1) is 0 Å². The van der Waals surface area contributed by atoms with Crippen molar-refractivity contribution in [2.75, 3.05) is 5.32 Å². The van der Waals surface area contributed by atoms with Crippen molar-refractivity contribution in [1.29, 1.82) is 0 Å². The zero-order chi connectivity index (χ0) is 13.9. The lowest BCUT2D eigenvalue weighted by atomic mass is 9.86. The first kappa shape index (κ1) is 14.0. The maximum absolute atomic E-state index is 4.77. The summed E-state index contributed by atoms with van der Waals surface area (Å²) in [5.41, 5.74) is 1.15. The van der Waals surface area contributed by atoms with E-state index in [9.17, 15) is 0 Å². The fourth-order valence-corrected chi connectivity index (χ4v) is 4.02. The Morgan fingerprint density at radius 1 is 1.05 bits per heavy atom. The molecule has 1 aromatic rings. The quantitative estimate of drug-likeness (QED) is 0.867. The monoisotopic (exact) mass is 275 g/mol. The third-order valence-corrected chi connectivity index (χ3v) is 5.21. The average molecular weight is 275 g/mol. The highest BCUT2D eigenvalue weighted by Crippen LogP contribution is 2.36. The Balaban J connectivity index is 1.76. The van der Waals surface area contributed by atoms with Crippen LogP contribution in [0.2, 0.25) is 0 Å². The molecule has 2 atom stereocenters. The molecular formula is C17H29N3. The molecule has 112 valence electrons. The van der Waals surface area contributed by atoms with E-state index in [1.54, 1.807) is 0 Å². The second-order valence-corrected chi connectivity index (χ2v) is 6.92. The molecule has 0 aromatic carbocycles. The summed E-state index contributed by atoms with van der Waals surface area (Å²) in [6.45, 7) is 4.53. The van der Waals surface area contributed by atoms with Gasteiger partial charge in [0.15, 0.2) is 0 Å². The molecule has 2 saturated carbocycles. The first-order chi connectivity index (χ1) is 9.74. The van der Waals surface area contributed by atoms with E-state index in [1.165, 1.54) is 57.8 Å². The Labute approximate surface area is 123 Å². The Bertz CT molecular complexity index is 431. The van der Waals surface area contributed by atoms with E-state index in [2.05, 4.69) is 29.9 Å². The summed E-state index contributed by atoms with van der Waals surface area (Å²) in [5.74, 6) is 1.91. The number of hydrogen-bond donors (Lipinski definition) is 1. The highest BCUT2D eigenvalue weighted by atomic mass is 15.2. The summed E-state index contributed by atoms with van der Waals surface area (Å²) in [4.78, 5) is 4.77. The third-order valence-electron chi connectivity index (χ3n) is 5.21. The van der Waals surface area contributed by atoms with Crippen molar-refractivity contribution in [2.45, 2.75) is 83.7 Å². The molecule has 0 bridgehead atoms.